The van der Waals surface area contributed by atoms with Crippen LogP contribution in [0.4, 0.5) is 0 Å². The minimum absolute atomic E-state index is 0.302. The molecule has 0 aromatic carbocycles. The monoisotopic (exact) mass is 222 g/mol. The largest absolute Gasteiger partial charge is 0.466 e. The fourth-order valence-corrected chi connectivity index (χ4v) is 1.70. The number of aryl methyl sites for hydroxylation is 1. The van der Waals surface area contributed by atoms with Gasteiger partial charge in [0.25, 0.3) is 0 Å². The highest BCUT2D eigenvalue weighted by Crippen LogP contribution is 2.22. The predicted octanol–water partition coefficient (Wildman–Crippen LogP) is 1.33. The second-order valence-corrected chi connectivity index (χ2v) is 3.64. The van der Waals surface area contributed by atoms with Gasteiger partial charge in [-0.25, -0.2) is 4.79 Å². The summed E-state index contributed by atoms with van der Waals surface area (Å²) in [6, 6.07) is 3.37. The fourth-order valence-electron chi connectivity index (χ4n) is 1.70. The van der Waals surface area contributed by atoms with Crippen molar-refractivity contribution in [1.29, 1.82) is 0 Å². The van der Waals surface area contributed by atoms with Crippen LogP contribution in [-0.2, 0) is 6.42 Å². The number of H-pyrrole nitrogens is 2. The molecule has 2 aromatic rings. The molecule has 1 atom stereocenters. The summed E-state index contributed by atoms with van der Waals surface area (Å²) in [5.41, 5.74) is 0.919. The van der Waals surface area contributed by atoms with Crippen LogP contribution >= 0.6 is 0 Å². The van der Waals surface area contributed by atoms with Gasteiger partial charge in [0, 0.05) is 5.69 Å². The first-order valence-corrected chi connectivity index (χ1v) is 5.25. The van der Waals surface area contributed by atoms with E-state index in [2.05, 4.69) is 9.97 Å². The third-order valence-electron chi connectivity index (χ3n) is 2.42. The molecule has 16 heavy (non-hydrogen) atoms. The van der Waals surface area contributed by atoms with E-state index < -0.39 is 6.10 Å². The lowest BCUT2D eigenvalue weighted by Gasteiger charge is -2.07. The Labute approximate surface area is 92.1 Å². The van der Waals surface area contributed by atoms with E-state index in [0.717, 1.165) is 12.1 Å². The first-order chi connectivity index (χ1) is 7.72. The van der Waals surface area contributed by atoms with Crippen molar-refractivity contribution in [2.45, 2.75) is 25.9 Å². The highest BCUT2D eigenvalue weighted by Gasteiger charge is 2.19. The van der Waals surface area contributed by atoms with Gasteiger partial charge >= 0.3 is 5.69 Å². The van der Waals surface area contributed by atoms with Crippen molar-refractivity contribution in [1.82, 2.24) is 9.97 Å². The van der Waals surface area contributed by atoms with E-state index in [9.17, 15) is 9.90 Å². The first kappa shape index (κ1) is 10.8. The minimum Gasteiger partial charge on any atom is -0.466 e. The second kappa shape index (κ2) is 4.40. The Kier molecular flexibility index (Phi) is 2.96. The smallest absolute Gasteiger partial charge is 0.323 e. The maximum absolute atomic E-state index is 11.2. The van der Waals surface area contributed by atoms with Gasteiger partial charge in [-0.3, -0.25) is 0 Å². The van der Waals surface area contributed by atoms with Crippen molar-refractivity contribution in [3.05, 3.63) is 46.0 Å². The number of aliphatic hydroxyl groups excluding tert-OH is 1. The number of nitrogens with one attached hydrogen (secondary N) is 2. The summed E-state index contributed by atoms with van der Waals surface area (Å²) in [5, 5.41) is 10.0. The number of aromatic nitrogens is 2. The van der Waals surface area contributed by atoms with Gasteiger partial charge in [-0.2, -0.15) is 0 Å². The molecule has 2 heterocycles. The van der Waals surface area contributed by atoms with Crippen LogP contribution in [0.15, 0.2) is 27.6 Å². The quantitative estimate of drug-likeness (QED) is 0.729. The maximum atomic E-state index is 11.2. The van der Waals surface area contributed by atoms with E-state index in [4.69, 9.17) is 4.42 Å². The molecular formula is C11H14N2O3. The number of imidazole rings is 1. The zero-order chi connectivity index (χ0) is 11.5. The minimum atomic E-state index is -0.921. The summed E-state index contributed by atoms with van der Waals surface area (Å²) in [6.07, 6.45) is 2.18. The van der Waals surface area contributed by atoms with Crippen molar-refractivity contribution < 1.29 is 9.52 Å². The second-order valence-electron chi connectivity index (χ2n) is 3.64. The Balaban J connectivity index is 2.35. The summed E-state index contributed by atoms with van der Waals surface area (Å²) in [5.74, 6) is 0.424. The number of hydrogen-bond donors (Lipinski definition) is 3. The molecule has 2 rings (SSSR count). The third kappa shape index (κ3) is 1.94. The average Bonchev–Trinajstić information content (AvgIpc) is 2.87. The summed E-state index contributed by atoms with van der Waals surface area (Å²) in [7, 11) is 0. The Morgan fingerprint density at radius 2 is 2.31 bits per heavy atom. The van der Waals surface area contributed by atoms with E-state index in [1.165, 1.54) is 6.26 Å². The van der Waals surface area contributed by atoms with Crippen molar-refractivity contribution in [3.63, 3.8) is 0 Å². The summed E-state index contributed by atoms with van der Waals surface area (Å²) in [4.78, 5) is 16.5. The highest BCUT2D eigenvalue weighted by molar-refractivity contribution is 5.22. The number of aliphatic hydroxyl groups is 1. The van der Waals surface area contributed by atoms with E-state index in [1.807, 2.05) is 6.92 Å². The molecule has 0 spiro atoms. The molecule has 0 radical (unpaired) electrons. The molecule has 0 amide bonds. The number of aromatic amines is 2. The van der Waals surface area contributed by atoms with E-state index >= 15 is 0 Å². The van der Waals surface area contributed by atoms with Gasteiger partial charge in [-0.1, -0.05) is 13.3 Å². The van der Waals surface area contributed by atoms with Gasteiger partial charge in [0.15, 0.2) is 6.10 Å². The van der Waals surface area contributed by atoms with Crippen LogP contribution in [-0.4, -0.2) is 15.1 Å². The molecule has 2 aromatic heterocycles. The zero-order valence-electron chi connectivity index (χ0n) is 8.99. The molecular weight excluding hydrogens is 208 g/mol. The lowest BCUT2D eigenvalue weighted by Crippen LogP contribution is -2.04. The molecule has 0 aliphatic heterocycles. The topological polar surface area (TPSA) is 82.0 Å². The standard InChI is InChI=1S/C11H14N2O3/c1-2-4-7-9(13-11(15)12-7)10(14)8-5-3-6-16-8/h3,5-6,10,14H,2,4H2,1H3,(H2,12,13,15). The number of hydrogen-bond acceptors (Lipinski definition) is 3. The van der Waals surface area contributed by atoms with E-state index in [-0.39, 0.29) is 5.69 Å². The van der Waals surface area contributed by atoms with Gasteiger partial charge in [0.1, 0.15) is 5.76 Å². The molecule has 86 valence electrons. The number of furan rings is 1. The van der Waals surface area contributed by atoms with Crippen LogP contribution in [0.2, 0.25) is 0 Å². The molecule has 1 unspecified atom stereocenters. The normalized spacial score (nSPS) is 12.9. The molecule has 0 bridgehead atoms. The predicted molar refractivity (Wildman–Crippen MR) is 58.2 cm³/mol. The van der Waals surface area contributed by atoms with Gasteiger partial charge < -0.3 is 19.5 Å². The van der Waals surface area contributed by atoms with E-state index in [1.54, 1.807) is 12.1 Å². The molecule has 5 nitrogen and oxygen atoms in total. The van der Waals surface area contributed by atoms with Gasteiger partial charge in [0.2, 0.25) is 0 Å². The first-order valence-electron chi connectivity index (χ1n) is 5.25. The Bertz CT molecular complexity index is 496. The highest BCUT2D eigenvalue weighted by atomic mass is 16.4. The third-order valence-corrected chi connectivity index (χ3v) is 2.42. The van der Waals surface area contributed by atoms with Crippen molar-refractivity contribution in [2.75, 3.05) is 0 Å². The molecule has 0 aliphatic rings. The van der Waals surface area contributed by atoms with Crippen LogP contribution in [0, 0.1) is 0 Å². The van der Waals surface area contributed by atoms with Crippen molar-refractivity contribution >= 4 is 0 Å². The molecule has 0 saturated heterocycles. The summed E-state index contributed by atoms with van der Waals surface area (Å²) < 4.78 is 5.11. The Hall–Kier alpha value is -1.75. The molecule has 0 fully saturated rings. The van der Waals surface area contributed by atoms with Crippen LogP contribution in [0.1, 0.15) is 36.6 Å². The number of rotatable bonds is 4. The van der Waals surface area contributed by atoms with Gasteiger partial charge in [0.05, 0.1) is 12.0 Å². The molecule has 0 saturated carbocycles. The van der Waals surface area contributed by atoms with Gasteiger partial charge in [-0.15, -0.1) is 0 Å². The molecule has 5 heteroatoms. The lowest BCUT2D eigenvalue weighted by molar-refractivity contribution is 0.184. The van der Waals surface area contributed by atoms with E-state index in [0.29, 0.717) is 17.9 Å². The summed E-state index contributed by atoms with van der Waals surface area (Å²) >= 11 is 0. The molecule has 0 aliphatic carbocycles. The zero-order valence-corrected chi connectivity index (χ0v) is 8.99. The SMILES string of the molecule is CCCc1[nH]c(=O)[nH]c1C(O)c1ccco1. The molecule has 3 N–H and O–H groups in total. The average molecular weight is 222 g/mol. The van der Waals surface area contributed by atoms with Crippen LogP contribution in [0.5, 0.6) is 0 Å². The van der Waals surface area contributed by atoms with Gasteiger partial charge in [-0.05, 0) is 18.6 Å². The van der Waals surface area contributed by atoms with Crippen LogP contribution in [0.3, 0.4) is 0 Å². The van der Waals surface area contributed by atoms with Crippen molar-refractivity contribution in [2.24, 2.45) is 0 Å². The fraction of sp³-hybridized carbons (Fsp3) is 0.364. The maximum Gasteiger partial charge on any atom is 0.323 e. The summed E-state index contributed by atoms with van der Waals surface area (Å²) in [6.45, 7) is 2.01. The lowest BCUT2D eigenvalue weighted by atomic mass is 10.1. The van der Waals surface area contributed by atoms with Crippen molar-refractivity contribution in [3.8, 4) is 0 Å². The Morgan fingerprint density at radius 3 is 2.94 bits per heavy atom. The van der Waals surface area contributed by atoms with Crippen LogP contribution in [0.25, 0.3) is 0 Å². The van der Waals surface area contributed by atoms with Crippen LogP contribution < -0.4 is 5.69 Å². The Morgan fingerprint density at radius 1 is 1.50 bits per heavy atom.